The van der Waals surface area contributed by atoms with Crippen LogP contribution in [0, 0.1) is 11.7 Å². The number of halogens is 1. The van der Waals surface area contributed by atoms with Gasteiger partial charge < -0.3 is 16.0 Å². The average molecular weight is 400 g/mol. The summed E-state index contributed by atoms with van der Waals surface area (Å²) in [5, 5.41) is 11.8. The Morgan fingerprint density at radius 2 is 2.21 bits per heavy atom. The summed E-state index contributed by atoms with van der Waals surface area (Å²) in [5.74, 6) is -0.242. The van der Waals surface area contributed by atoms with E-state index in [1.165, 1.54) is 17.4 Å². The van der Waals surface area contributed by atoms with E-state index in [-0.39, 0.29) is 11.7 Å². The third-order valence-electron chi connectivity index (χ3n) is 4.98. The molecule has 0 spiro atoms. The number of aromatic nitrogens is 3. The number of nitrogens with two attached hydrogens (primary N) is 1. The Labute approximate surface area is 165 Å². The molecule has 1 aliphatic heterocycles. The smallest absolute Gasteiger partial charge is 0.275 e. The molecule has 1 saturated heterocycles. The van der Waals surface area contributed by atoms with Gasteiger partial charge in [-0.3, -0.25) is 9.89 Å². The Hall–Kier alpha value is -2.78. The molecule has 146 valence electrons. The molecule has 0 bridgehead atoms. The maximum Gasteiger partial charge on any atom is 0.275 e. The predicted molar refractivity (Wildman–Crippen MR) is 108 cm³/mol. The van der Waals surface area contributed by atoms with Crippen LogP contribution in [0.25, 0.3) is 10.6 Å². The standard InChI is InChI=1S/C19H21FN6OS/c20-14-2-1-3-15(17(14)26-6-4-12(8-21)5-7-26)24-18(27)16-11-28-19(25-16)13-9-22-23-10-13/h1-3,9-12H,4-8,21H2,(H,22,23)(H,24,27). The Bertz CT molecular complexity index is 949. The minimum absolute atomic E-state index is 0.290. The summed E-state index contributed by atoms with van der Waals surface area (Å²) in [6, 6.07) is 4.73. The highest BCUT2D eigenvalue weighted by Crippen LogP contribution is 2.33. The van der Waals surface area contributed by atoms with Crippen molar-refractivity contribution >= 4 is 28.6 Å². The number of hydrogen-bond donors (Lipinski definition) is 3. The van der Waals surface area contributed by atoms with Gasteiger partial charge in [-0.1, -0.05) is 6.07 Å². The number of para-hydroxylation sites is 1. The monoisotopic (exact) mass is 400 g/mol. The predicted octanol–water partition coefficient (Wildman–Crippen LogP) is 3.10. The van der Waals surface area contributed by atoms with Gasteiger partial charge in [-0.25, -0.2) is 9.37 Å². The lowest BCUT2D eigenvalue weighted by atomic mass is 9.96. The second kappa shape index (κ2) is 8.07. The second-order valence-electron chi connectivity index (χ2n) is 6.78. The van der Waals surface area contributed by atoms with Gasteiger partial charge in [0.05, 0.1) is 17.6 Å². The number of benzene rings is 1. The topological polar surface area (TPSA) is 99.9 Å². The summed E-state index contributed by atoms with van der Waals surface area (Å²) >= 11 is 1.36. The van der Waals surface area contributed by atoms with Gasteiger partial charge in [0.25, 0.3) is 5.91 Å². The molecular weight excluding hydrogens is 379 g/mol. The normalized spacial score (nSPS) is 15.0. The molecule has 7 nitrogen and oxygen atoms in total. The molecule has 0 saturated carbocycles. The number of H-pyrrole nitrogens is 1. The van der Waals surface area contributed by atoms with Crippen LogP contribution in [-0.4, -0.2) is 40.7 Å². The van der Waals surface area contributed by atoms with Crippen LogP contribution in [-0.2, 0) is 0 Å². The minimum atomic E-state index is -0.366. The molecule has 4 rings (SSSR count). The van der Waals surface area contributed by atoms with E-state index in [4.69, 9.17) is 5.73 Å². The van der Waals surface area contributed by atoms with E-state index in [1.54, 1.807) is 29.9 Å². The van der Waals surface area contributed by atoms with Crippen LogP contribution in [0.5, 0.6) is 0 Å². The Kier molecular flexibility index (Phi) is 5.36. The zero-order valence-electron chi connectivity index (χ0n) is 15.2. The van der Waals surface area contributed by atoms with Gasteiger partial charge in [0.2, 0.25) is 0 Å². The van der Waals surface area contributed by atoms with Gasteiger partial charge in [-0.05, 0) is 37.4 Å². The number of rotatable bonds is 5. The molecule has 0 aliphatic carbocycles. The third kappa shape index (κ3) is 3.76. The molecule has 0 atom stereocenters. The number of aromatic amines is 1. The first-order valence-electron chi connectivity index (χ1n) is 9.15. The molecule has 1 aliphatic rings. The maximum atomic E-state index is 14.6. The van der Waals surface area contributed by atoms with Crippen LogP contribution in [0.3, 0.4) is 0 Å². The average Bonchev–Trinajstić information content (AvgIpc) is 3.40. The number of piperidine rings is 1. The molecule has 1 amide bonds. The van der Waals surface area contributed by atoms with E-state index in [2.05, 4.69) is 20.5 Å². The SMILES string of the molecule is NCC1CCN(c2c(F)cccc2NC(=O)c2csc(-c3cn[nH]c3)n2)CC1. The van der Waals surface area contributed by atoms with Crippen molar-refractivity contribution in [2.24, 2.45) is 11.7 Å². The number of nitrogens with one attached hydrogen (secondary N) is 2. The number of hydrogen-bond acceptors (Lipinski definition) is 6. The fraction of sp³-hybridized carbons (Fsp3) is 0.316. The summed E-state index contributed by atoms with van der Waals surface area (Å²) in [6.45, 7) is 2.08. The molecule has 1 aromatic carbocycles. The van der Waals surface area contributed by atoms with Crippen molar-refractivity contribution < 1.29 is 9.18 Å². The zero-order valence-corrected chi connectivity index (χ0v) is 16.0. The number of carbonyl (C=O) groups excluding carboxylic acids is 1. The molecule has 3 aromatic rings. The maximum absolute atomic E-state index is 14.6. The molecule has 1 fully saturated rings. The van der Waals surface area contributed by atoms with Crippen molar-refractivity contribution in [1.82, 2.24) is 15.2 Å². The molecule has 0 unspecified atom stereocenters. The van der Waals surface area contributed by atoms with Gasteiger partial charge >= 0.3 is 0 Å². The fourth-order valence-corrected chi connectivity index (χ4v) is 4.18. The van der Waals surface area contributed by atoms with Crippen LogP contribution in [0.4, 0.5) is 15.8 Å². The Morgan fingerprint density at radius 3 is 2.93 bits per heavy atom. The molecule has 28 heavy (non-hydrogen) atoms. The highest BCUT2D eigenvalue weighted by molar-refractivity contribution is 7.13. The van der Waals surface area contributed by atoms with Crippen molar-refractivity contribution in [2.75, 3.05) is 29.9 Å². The molecule has 9 heteroatoms. The molecule has 2 aromatic heterocycles. The molecule has 3 heterocycles. The summed E-state index contributed by atoms with van der Waals surface area (Å²) in [4.78, 5) is 19.0. The fourth-order valence-electron chi connectivity index (χ4n) is 3.39. The third-order valence-corrected chi connectivity index (χ3v) is 5.87. The highest BCUT2D eigenvalue weighted by Gasteiger charge is 2.24. The summed E-state index contributed by atoms with van der Waals surface area (Å²) < 4.78 is 14.6. The first kappa shape index (κ1) is 18.6. The van der Waals surface area contributed by atoms with Crippen molar-refractivity contribution in [3.63, 3.8) is 0 Å². The minimum Gasteiger partial charge on any atom is -0.367 e. The van der Waals surface area contributed by atoms with Crippen LogP contribution in [0.2, 0.25) is 0 Å². The van der Waals surface area contributed by atoms with Crippen LogP contribution < -0.4 is 16.0 Å². The van der Waals surface area contributed by atoms with Crippen molar-refractivity contribution in [1.29, 1.82) is 0 Å². The largest absolute Gasteiger partial charge is 0.367 e. The number of amides is 1. The first-order valence-corrected chi connectivity index (χ1v) is 10.0. The van der Waals surface area contributed by atoms with E-state index in [9.17, 15) is 9.18 Å². The van der Waals surface area contributed by atoms with Gasteiger partial charge in [-0.2, -0.15) is 5.10 Å². The quantitative estimate of drug-likeness (QED) is 0.611. The Morgan fingerprint density at radius 1 is 1.39 bits per heavy atom. The number of nitrogens with zero attached hydrogens (tertiary/aromatic N) is 3. The van der Waals surface area contributed by atoms with Crippen molar-refractivity contribution in [3.8, 4) is 10.6 Å². The highest BCUT2D eigenvalue weighted by atomic mass is 32.1. The van der Waals surface area contributed by atoms with Crippen molar-refractivity contribution in [2.45, 2.75) is 12.8 Å². The van der Waals surface area contributed by atoms with Crippen molar-refractivity contribution in [3.05, 3.63) is 47.5 Å². The van der Waals surface area contributed by atoms with Gasteiger partial charge in [0.15, 0.2) is 0 Å². The second-order valence-corrected chi connectivity index (χ2v) is 7.64. The van der Waals surface area contributed by atoms with Crippen LogP contribution >= 0.6 is 11.3 Å². The summed E-state index contributed by atoms with van der Waals surface area (Å²) in [7, 11) is 0. The summed E-state index contributed by atoms with van der Waals surface area (Å²) in [5.41, 5.74) is 7.74. The zero-order chi connectivity index (χ0) is 19.5. The van der Waals surface area contributed by atoms with Crippen LogP contribution in [0.15, 0.2) is 36.0 Å². The van der Waals surface area contributed by atoms with E-state index in [0.29, 0.717) is 47.6 Å². The van der Waals surface area contributed by atoms with Gasteiger partial charge in [0, 0.05) is 30.2 Å². The van der Waals surface area contributed by atoms with Crippen LogP contribution in [0.1, 0.15) is 23.3 Å². The van der Waals surface area contributed by atoms with E-state index >= 15 is 0 Å². The molecular formula is C19H21FN6OS. The lowest BCUT2D eigenvalue weighted by Crippen LogP contribution is -2.37. The lowest BCUT2D eigenvalue weighted by molar-refractivity contribution is 0.102. The lowest BCUT2D eigenvalue weighted by Gasteiger charge is -2.34. The van der Waals surface area contributed by atoms with E-state index in [0.717, 1.165) is 18.4 Å². The first-order chi connectivity index (χ1) is 13.7. The number of thiazole rings is 1. The van der Waals surface area contributed by atoms with Gasteiger partial charge in [0.1, 0.15) is 16.5 Å². The Balaban J connectivity index is 1.53. The molecule has 4 N–H and O–H groups in total. The van der Waals surface area contributed by atoms with Gasteiger partial charge in [-0.15, -0.1) is 11.3 Å². The number of anilines is 2. The summed E-state index contributed by atoms with van der Waals surface area (Å²) in [6.07, 6.45) is 5.20. The van der Waals surface area contributed by atoms with E-state index in [1.807, 2.05) is 4.90 Å². The number of carbonyl (C=O) groups is 1. The van der Waals surface area contributed by atoms with E-state index < -0.39 is 0 Å². The molecule has 0 radical (unpaired) electrons.